The minimum absolute atomic E-state index is 0.0605. The molecule has 168 valence electrons. The molecule has 0 radical (unpaired) electrons. The summed E-state index contributed by atoms with van der Waals surface area (Å²) in [6.45, 7) is 8.15. The maximum Gasteiger partial charge on any atom is 0.261 e. The number of nitrogens with one attached hydrogen (secondary N) is 1. The summed E-state index contributed by atoms with van der Waals surface area (Å²) in [6, 6.07) is 15.3. The van der Waals surface area contributed by atoms with E-state index in [2.05, 4.69) is 28.2 Å². The Labute approximate surface area is 194 Å². The molecule has 2 aromatic carbocycles. The van der Waals surface area contributed by atoms with Crippen LogP contribution in [-0.4, -0.2) is 41.9 Å². The van der Waals surface area contributed by atoms with E-state index >= 15 is 0 Å². The summed E-state index contributed by atoms with van der Waals surface area (Å²) >= 11 is 3.51. The predicted octanol–water partition coefficient (Wildman–Crippen LogP) is 4.76. The summed E-state index contributed by atoms with van der Waals surface area (Å²) in [5.41, 5.74) is 2.30. The summed E-state index contributed by atoms with van der Waals surface area (Å²) in [5.74, 6) is 0.253. The van der Waals surface area contributed by atoms with Crippen molar-refractivity contribution >= 4 is 27.7 Å². The highest BCUT2D eigenvalue weighted by atomic mass is 79.9. The third-order valence-electron chi connectivity index (χ3n) is 5.41. The zero-order chi connectivity index (χ0) is 22.8. The van der Waals surface area contributed by atoms with Crippen molar-refractivity contribution in [1.29, 1.82) is 0 Å². The number of aryl methyl sites for hydroxylation is 1. The minimum Gasteiger partial charge on any atom is -0.483 e. The third-order valence-corrected chi connectivity index (χ3v) is 6.03. The molecule has 0 aliphatic heterocycles. The fraction of sp³-hybridized carbons (Fsp3) is 0.440. The Morgan fingerprint density at radius 3 is 2.39 bits per heavy atom. The van der Waals surface area contributed by atoms with Crippen LogP contribution in [0, 0.1) is 0 Å². The van der Waals surface area contributed by atoms with Crippen molar-refractivity contribution in [2.75, 3.05) is 13.2 Å². The zero-order valence-electron chi connectivity index (χ0n) is 18.9. The first-order chi connectivity index (χ1) is 14.8. The van der Waals surface area contributed by atoms with Gasteiger partial charge in [-0.2, -0.15) is 0 Å². The largest absolute Gasteiger partial charge is 0.483 e. The van der Waals surface area contributed by atoms with Gasteiger partial charge >= 0.3 is 0 Å². The Kier molecular flexibility index (Phi) is 10.0. The van der Waals surface area contributed by atoms with Crippen LogP contribution < -0.4 is 10.1 Å². The van der Waals surface area contributed by atoms with Crippen molar-refractivity contribution < 1.29 is 14.3 Å². The number of rotatable bonds is 11. The molecule has 31 heavy (non-hydrogen) atoms. The average molecular weight is 489 g/mol. The lowest BCUT2D eigenvalue weighted by molar-refractivity contribution is -0.141. The zero-order valence-corrected chi connectivity index (χ0v) is 20.4. The molecule has 0 aliphatic rings. The normalized spacial score (nSPS) is 12.7. The van der Waals surface area contributed by atoms with Gasteiger partial charge in [-0.15, -0.1) is 0 Å². The van der Waals surface area contributed by atoms with Crippen molar-refractivity contribution in [1.82, 2.24) is 10.2 Å². The molecule has 0 aliphatic carbocycles. The van der Waals surface area contributed by atoms with Gasteiger partial charge in [-0.25, -0.2) is 0 Å². The minimum atomic E-state index is -0.584. The number of benzene rings is 2. The first kappa shape index (κ1) is 24.9. The van der Waals surface area contributed by atoms with Gasteiger partial charge in [-0.05, 0) is 72.3 Å². The highest BCUT2D eigenvalue weighted by Gasteiger charge is 2.26. The number of carbonyl (C=O) groups excluding carboxylic acids is 2. The first-order valence-electron chi connectivity index (χ1n) is 10.9. The van der Waals surface area contributed by atoms with Crippen LogP contribution in [-0.2, 0) is 22.4 Å². The molecule has 2 rings (SSSR count). The van der Waals surface area contributed by atoms with Crippen LogP contribution in [0.2, 0.25) is 0 Å². The molecule has 0 spiro atoms. The molecule has 0 fully saturated rings. The first-order valence-corrected chi connectivity index (χ1v) is 11.7. The second kappa shape index (κ2) is 12.5. The van der Waals surface area contributed by atoms with Gasteiger partial charge in [0.15, 0.2) is 6.61 Å². The molecule has 2 atom stereocenters. The number of hydrogen-bond acceptors (Lipinski definition) is 3. The molecule has 2 amide bonds. The number of amides is 2. The molecule has 0 bridgehead atoms. The summed E-state index contributed by atoms with van der Waals surface area (Å²) in [6.07, 6.45) is 2.43. The molecule has 5 nitrogen and oxygen atoms in total. The molecule has 0 saturated heterocycles. The number of ether oxygens (including phenoxy) is 1. The maximum absolute atomic E-state index is 13.1. The number of nitrogens with zero attached hydrogens (tertiary/aromatic N) is 1. The van der Waals surface area contributed by atoms with Crippen molar-refractivity contribution in [3.05, 3.63) is 64.1 Å². The van der Waals surface area contributed by atoms with Crippen molar-refractivity contribution in [2.24, 2.45) is 0 Å². The Balaban J connectivity index is 2.09. The van der Waals surface area contributed by atoms with Gasteiger partial charge in [0.1, 0.15) is 11.8 Å². The van der Waals surface area contributed by atoms with Crippen LogP contribution in [0.15, 0.2) is 53.0 Å². The third kappa shape index (κ3) is 7.69. The second-order valence-corrected chi connectivity index (χ2v) is 8.58. The number of halogens is 1. The molecule has 0 aromatic heterocycles. The van der Waals surface area contributed by atoms with E-state index in [0.717, 1.165) is 22.9 Å². The van der Waals surface area contributed by atoms with Gasteiger partial charge in [0, 0.05) is 12.6 Å². The van der Waals surface area contributed by atoms with E-state index in [1.165, 1.54) is 5.56 Å². The predicted molar refractivity (Wildman–Crippen MR) is 128 cm³/mol. The topological polar surface area (TPSA) is 58.6 Å². The molecule has 1 N–H and O–H groups in total. The SMILES string of the molecule is CCc1ccc(OCC(=O)N(CCc2ccccc2)[C@H](C)C(=O)N[C@H](C)CC)c(Br)c1. The van der Waals surface area contributed by atoms with Gasteiger partial charge in [0.05, 0.1) is 4.47 Å². The van der Waals surface area contributed by atoms with E-state index in [1.54, 1.807) is 11.8 Å². The van der Waals surface area contributed by atoms with E-state index in [4.69, 9.17) is 4.74 Å². The van der Waals surface area contributed by atoms with Crippen LogP contribution >= 0.6 is 15.9 Å². The van der Waals surface area contributed by atoms with Crippen LogP contribution in [0.25, 0.3) is 0 Å². The van der Waals surface area contributed by atoms with Crippen LogP contribution in [0.3, 0.4) is 0 Å². The summed E-state index contributed by atoms with van der Waals surface area (Å²) in [7, 11) is 0. The number of carbonyl (C=O) groups is 2. The Morgan fingerprint density at radius 1 is 1.06 bits per heavy atom. The summed E-state index contributed by atoms with van der Waals surface area (Å²) < 4.78 is 6.61. The standard InChI is InChI=1S/C25H33BrN2O3/c1-5-18(3)27-25(30)19(4)28(15-14-21-10-8-7-9-11-21)24(29)17-31-23-13-12-20(6-2)16-22(23)26/h7-13,16,18-19H,5-6,14-15,17H2,1-4H3,(H,27,30)/t18-,19-/m1/s1. The lowest BCUT2D eigenvalue weighted by atomic mass is 10.1. The number of hydrogen-bond donors (Lipinski definition) is 1. The lowest BCUT2D eigenvalue weighted by Gasteiger charge is -2.29. The van der Waals surface area contributed by atoms with Crippen LogP contribution in [0.1, 0.15) is 45.2 Å². The smallest absolute Gasteiger partial charge is 0.261 e. The van der Waals surface area contributed by atoms with E-state index in [-0.39, 0.29) is 24.5 Å². The Bertz CT molecular complexity index is 857. The molecular weight excluding hydrogens is 456 g/mol. The highest BCUT2D eigenvalue weighted by molar-refractivity contribution is 9.10. The molecule has 0 saturated carbocycles. The molecular formula is C25H33BrN2O3. The lowest BCUT2D eigenvalue weighted by Crippen LogP contribution is -2.51. The second-order valence-electron chi connectivity index (χ2n) is 7.72. The summed E-state index contributed by atoms with van der Waals surface area (Å²) in [5, 5.41) is 2.98. The Hall–Kier alpha value is -2.34. The highest BCUT2D eigenvalue weighted by Crippen LogP contribution is 2.26. The van der Waals surface area contributed by atoms with Crippen molar-refractivity contribution in [3.8, 4) is 5.75 Å². The summed E-state index contributed by atoms with van der Waals surface area (Å²) in [4.78, 5) is 27.4. The van der Waals surface area contributed by atoms with Gasteiger partial charge in [0.2, 0.25) is 5.91 Å². The van der Waals surface area contributed by atoms with E-state index in [1.807, 2.05) is 62.4 Å². The molecule has 6 heteroatoms. The van der Waals surface area contributed by atoms with E-state index in [0.29, 0.717) is 18.7 Å². The van der Waals surface area contributed by atoms with Gasteiger partial charge in [-0.1, -0.05) is 50.2 Å². The van der Waals surface area contributed by atoms with Crippen molar-refractivity contribution in [2.45, 2.75) is 59.0 Å². The molecule has 2 aromatic rings. The Morgan fingerprint density at radius 2 is 1.77 bits per heavy atom. The van der Waals surface area contributed by atoms with Gasteiger partial charge in [0.25, 0.3) is 5.91 Å². The van der Waals surface area contributed by atoms with Crippen molar-refractivity contribution in [3.63, 3.8) is 0 Å². The van der Waals surface area contributed by atoms with Crippen LogP contribution in [0.5, 0.6) is 5.75 Å². The molecule has 0 unspecified atom stereocenters. The van der Waals surface area contributed by atoms with Crippen LogP contribution in [0.4, 0.5) is 0 Å². The molecule has 0 heterocycles. The quantitative estimate of drug-likeness (QED) is 0.495. The van der Waals surface area contributed by atoms with Gasteiger partial charge in [-0.3, -0.25) is 9.59 Å². The monoisotopic (exact) mass is 488 g/mol. The van der Waals surface area contributed by atoms with Gasteiger partial charge < -0.3 is 15.0 Å². The fourth-order valence-corrected chi connectivity index (χ4v) is 3.68. The van der Waals surface area contributed by atoms with E-state index < -0.39 is 6.04 Å². The van der Waals surface area contributed by atoms with E-state index in [9.17, 15) is 9.59 Å². The maximum atomic E-state index is 13.1. The average Bonchev–Trinajstić information content (AvgIpc) is 2.78. The fourth-order valence-electron chi connectivity index (χ4n) is 3.14.